The monoisotopic (exact) mass is 337 g/mol. The Labute approximate surface area is 142 Å². The van der Waals surface area contributed by atoms with Crippen molar-refractivity contribution in [1.29, 1.82) is 0 Å². The van der Waals surface area contributed by atoms with Crippen LogP contribution < -0.4 is 10.6 Å². The normalized spacial score (nSPS) is 16.2. The average Bonchev–Trinajstić information content (AvgIpc) is 2.97. The maximum Gasteiger partial charge on any atom is 0.317 e. The van der Waals surface area contributed by atoms with Gasteiger partial charge in [0.1, 0.15) is 0 Å². The van der Waals surface area contributed by atoms with Crippen LogP contribution >= 0.6 is 11.3 Å². The summed E-state index contributed by atoms with van der Waals surface area (Å²) in [5.41, 5.74) is 0.0871. The minimum Gasteiger partial charge on any atom is -0.353 e. The molecule has 5 nitrogen and oxygen atoms in total. The number of hydrogen-bond acceptors (Lipinski definition) is 3. The number of nitrogens with zero attached hydrogens (tertiary/aromatic N) is 1. The number of thiophene rings is 1. The fraction of sp³-hybridized carbons (Fsp3) is 0.647. The Morgan fingerprint density at radius 2 is 2.00 bits per heavy atom. The lowest BCUT2D eigenvalue weighted by atomic mass is 9.97. The van der Waals surface area contributed by atoms with E-state index in [2.05, 4.69) is 31.4 Å². The summed E-state index contributed by atoms with van der Waals surface area (Å²) in [6.45, 7) is 8.36. The standard InChI is InChI=1S/C17H27N3O2S/c1-17(2,3)12-18-16(22)20-8-6-13(7-9-20)19-15(21)11-14-5-4-10-23-14/h4-5,10,13H,6-9,11-12H2,1-3H3,(H,18,22)(H,19,21). The Kier molecular flexibility index (Phi) is 6.04. The average molecular weight is 337 g/mol. The molecule has 6 heteroatoms. The van der Waals surface area contributed by atoms with Crippen LogP contribution in [0.1, 0.15) is 38.5 Å². The summed E-state index contributed by atoms with van der Waals surface area (Å²) in [5.74, 6) is 0.0723. The van der Waals surface area contributed by atoms with Gasteiger partial charge >= 0.3 is 6.03 Å². The molecule has 0 aromatic carbocycles. The molecule has 0 aliphatic carbocycles. The largest absolute Gasteiger partial charge is 0.353 e. The minimum atomic E-state index is 0.00304. The van der Waals surface area contributed by atoms with Gasteiger partial charge in [-0.25, -0.2) is 4.79 Å². The zero-order valence-corrected chi connectivity index (χ0v) is 15.0. The van der Waals surface area contributed by atoms with Crippen LogP contribution in [0.3, 0.4) is 0 Å². The third-order valence-electron chi connectivity index (χ3n) is 3.83. The van der Waals surface area contributed by atoms with Gasteiger partial charge in [0, 0.05) is 30.6 Å². The van der Waals surface area contributed by atoms with E-state index in [4.69, 9.17) is 0 Å². The SMILES string of the molecule is CC(C)(C)CNC(=O)N1CCC(NC(=O)Cc2cccs2)CC1. The highest BCUT2D eigenvalue weighted by atomic mass is 32.1. The van der Waals surface area contributed by atoms with Gasteiger partial charge in [0.2, 0.25) is 5.91 Å². The van der Waals surface area contributed by atoms with Crippen molar-refractivity contribution in [2.75, 3.05) is 19.6 Å². The third-order valence-corrected chi connectivity index (χ3v) is 4.71. The molecule has 2 N–H and O–H groups in total. The molecule has 0 spiro atoms. The maximum atomic E-state index is 12.1. The van der Waals surface area contributed by atoms with Crippen LogP contribution in [0.2, 0.25) is 0 Å². The zero-order chi connectivity index (χ0) is 16.9. The van der Waals surface area contributed by atoms with Crippen molar-refractivity contribution in [2.24, 2.45) is 5.41 Å². The number of urea groups is 1. The van der Waals surface area contributed by atoms with Crippen molar-refractivity contribution in [3.63, 3.8) is 0 Å². The van der Waals surface area contributed by atoms with Gasteiger partial charge in [0.15, 0.2) is 0 Å². The van der Waals surface area contributed by atoms with Gasteiger partial charge in [-0.15, -0.1) is 11.3 Å². The van der Waals surface area contributed by atoms with E-state index in [0.717, 1.165) is 17.7 Å². The molecule has 23 heavy (non-hydrogen) atoms. The molecule has 1 saturated heterocycles. The molecule has 1 aliphatic heterocycles. The Bertz CT molecular complexity index is 514. The zero-order valence-electron chi connectivity index (χ0n) is 14.2. The number of likely N-dealkylation sites (tertiary alicyclic amines) is 1. The molecule has 0 bridgehead atoms. The van der Waals surface area contributed by atoms with Crippen molar-refractivity contribution in [2.45, 2.75) is 46.1 Å². The smallest absolute Gasteiger partial charge is 0.317 e. The van der Waals surface area contributed by atoms with Crippen LogP contribution in [0.15, 0.2) is 17.5 Å². The first-order valence-corrected chi connectivity index (χ1v) is 9.06. The Morgan fingerprint density at radius 3 is 2.57 bits per heavy atom. The second-order valence-electron chi connectivity index (χ2n) is 7.30. The van der Waals surface area contributed by atoms with Crippen LogP contribution in [0.4, 0.5) is 4.79 Å². The Balaban J connectivity index is 1.69. The summed E-state index contributed by atoms with van der Waals surface area (Å²) >= 11 is 1.60. The summed E-state index contributed by atoms with van der Waals surface area (Å²) in [6.07, 6.45) is 2.09. The number of carbonyl (C=O) groups excluding carboxylic acids is 2. The van der Waals surface area contributed by atoms with Crippen LogP contribution in [0.25, 0.3) is 0 Å². The third kappa shape index (κ3) is 6.22. The van der Waals surface area contributed by atoms with E-state index in [1.807, 2.05) is 22.4 Å². The van der Waals surface area contributed by atoms with Gasteiger partial charge in [-0.05, 0) is 29.7 Å². The Hall–Kier alpha value is -1.56. The van der Waals surface area contributed by atoms with Crippen LogP contribution in [0, 0.1) is 5.41 Å². The lowest BCUT2D eigenvalue weighted by Crippen LogP contribution is -2.50. The first kappa shape index (κ1) is 17.8. The fourth-order valence-corrected chi connectivity index (χ4v) is 3.23. The molecule has 128 valence electrons. The molecule has 1 aromatic heterocycles. The summed E-state index contributed by atoms with van der Waals surface area (Å²) in [6, 6.07) is 4.12. The first-order valence-electron chi connectivity index (χ1n) is 8.18. The highest BCUT2D eigenvalue weighted by molar-refractivity contribution is 7.10. The molecular formula is C17H27N3O2S. The number of hydrogen-bond donors (Lipinski definition) is 2. The molecule has 1 aromatic rings. The van der Waals surface area contributed by atoms with Gasteiger partial charge < -0.3 is 15.5 Å². The molecule has 1 aliphatic rings. The number of carbonyl (C=O) groups is 2. The van der Waals surface area contributed by atoms with Crippen molar-refractivity contribution in [3.05, 3.63) is 22.4 Å². The predicted octanol–water partition coefficient (Wildman–Crippen LogP) is 2.63. The van der Waals surface area contributed by atoms with Crippen molar-refractivity contribution < 1.29 is 9.59 Å². The molecule has 0 unspecified atom stereocenters. The molecule has 1 fully saturated rings. The van der Waals surface area contributed by atoms with E-state index in [9.17, 15) is 9.59 Å². The predicted molar refractivity (Wildman–Crippen MR) is 93.6 cm³/mol. The molecule has 0 atom stereocenters. The molecule has 2 rings (SSSR count). The molecule has 0 radical (unpaired) electrons. The lowest BCUT2D eigenvalue weighted by molar-refractivity contribution is -0.121. The topological polar surface area (TPSA) is 61.4 Å². The van der Waals surface area contributed by atoms with E-state index < -0.39 is 0 Å². The van der Waals surface area contributed by atoms with Crippen molar-refractivity contribution in [1.82, 2.24) is 15.5 Å². The summed E-state index contributed by atoms with van der Waals surface area (Å²) in [4.78, 5) is 27.0. The van der Waals surface area contributed by atoms with Gasteiger partial charge in [-0.1, -0.05) is 26.8 Å². The van der Waals surface area contributed by atoms with E-state index >= 15 is 0 Å². The first-order chi connectivity index (χ1) is 10.8. The summed E-state index contributed by atoms with van der Waals surface area (Å²) < 4.78 is 0. The molecule has 2 heterocycles. The second kappa shape index (κ2) is 7.81. The number of piperidine rings is 1. The van der Waals surface area contributed by atoms with E-state index in [-0.39, 0.29) is 23.4 Å². The van der Waals surface area contributed by atoms with Crippen LogP contribution in [0.5, 0.6) is 0 Å². The van der Waals surface area contributed by atoms with Gasteiger partial charge in [-0.3, -0.25) is 4.79 Å². The minimum absolute atomic E-state index is 0.00304. The van der Waals surface area contributed by atoms with Gasteiger partial charge in [0.05, 0.1) is 6.42 Å². The molecule has 0 saturated carbocycles. The summed E-state index contributed by atoms with van der Waals surface area (Å²) in [7, 11) is 0. The van der Waals surface area contributed by atoms with E-state index in [1.165, 1.54) is 0 Å². The molecule has 3 amide bonds. The fourth-order valence-electron chi connectivity index (χ4n) is 2.53. The lowest BCUT2D eigenvalue weighted by Gasteiger charge is -2.33. The Morgan fingerprint density at radius 1 is 1.30 bits per heavy atom. The highest BCUT2D eigenvalue weighted by Gasteiger charge is 2.24. The highest BCUT2D eigenvalue weighted by Crippen LogP contribution is 2.14. The maximum absolute atomic E-state index is 12.1. The molecular weight excluding hydrogens is 310 g/mol. The van der Waals surface area contributed by atoms with Crippen LogP contribution in [-0.2, 0) is 11.2 Å². The van der Waals surface area contributed by atoms with Crippen molar-refractivity contribution >= 4 is 23.3 Å². The van der Waals surface area contributed by atoms with Crippen LogP contribution in [-0.4, -0.2) is 42.5 Å². The second-order valence-corrected chi connectivity index (χ2v) is 8.34. The van der Waals surface area contributed by atoms with Crippen molar-refractivity contribution in [3.8, 4) is 0 Å². The van der Waals surface area contributed by atoms with Gasteiger partial charge in [-0.2, -0.15) is 0 Å². The number of amides is 3. The van der Waals surface area contributed by atoms with E-state index in [0.29, 0.717) is 26.1 Å². The quantitative estimate of drug-likeness (QED) is 0.887. The summed E-state index contributed by atoms with van der Waals surface area (Å²) in [5, 5.41) is 8.04. The van der Waals surface area contributed by atoms with E-state index in [1.54, 1.807) is 11.3 Å². The number of nitrogens with one attached hydrogen (secondary N) is 2. The number of rotatable bonds is 4. The van der Waals surface area contributed by atoms with Gasteiger partial charge in [0.25, 0.3) is 0 Å².